The highest BCUT2D eigenvalue weighted by Gasteiger charge is 2.03. The molecule has 6 heteroatoms. The van der Waals surface area contributed by atoms with Crippen LogP contribution in [-0.2, 0) is 19.6 Å². The molecule has 0 saturated heterocycles. The van der Waals surface area contributed by atoms with E-state index in [0.29, 0.717) is 12.3 Å². The van der Waals surface area contributed by atoms with Crippen molar-refractivity contribution in [2.45, 2.75) is 33.0 Å². The van der Waals surface area contributed by atoms with Crippen molar-refractivity contribution in [3.63, 3.8) is 0 Å². The molecule has 1 heterocycles. The highest BCUT2D eigenvalue weighted by atomic mass is 35.5. The Balaban J connectivity index is 0.00000220. The average Bonchev–Trinajstić information content (AvgIpc) is 2.89. The monoisotopic (exact) mass is 311 g/mol. The third kappa shape index (κ3) is 4.95. The molecule has 0 aliphatic heterocycles. The number of ether oxygens (including phenoxy) is 1. The molecule has 0 saturated carbocycles. The lowest BCUT2D eigenvalue weighted by atomic mass is 10.2. The van der Waals surface area contributed by atoms with Crippen LogP contribution in [0.2, 0.25) is 0 Å². The first-order chi connectivity index (χ1) is 9.72. The Kier molecular flexibility index (Phi) is 7.05. The lowest BCUT2D eigenvalue weighted by Crippen LogP contribution is -2.13. The van der Waals surface area contributed by atoms with Crippen LogP contribution in [0.4, 0.5) is 0 Å². The maximum Gasteiger partial charge on any atom is 0.160 e. The SMILES string of the molecule is CCCn1ccc(CNCc2ccc(O)c(OC)c2)n1.Cl. The van der Waals surface area contributed by atoms with E-state index < -0.39 is 0 Å². The summed E-state index contributed by atoms with van der Waals surface area (Å²) >= 11 is 0. The minimum atomic E-state index is 0. The molecule has 21 heavy (non-hydrogen) atoms. The first-order valence-electron chi connectivity index (χ1n) is 6.82. The number of hydrogen-bond acceptors (Lipinski definition) is 4. The Morgan fingerprint density at radius 3 is 2.81 bits per heavy atom. The smallest absolute Gasteiger partial charge is 0.160 e. The van der Waals surface area contributed by atoms with Gasteiger partial charge in [-0.25, -0.2) is 0 Å². The number of halogens is 1. The largest absolute Gasteiger partial charge is 0.504 e. The van der Waals surface area contributed by atoms with Crippen LogP contribution in [0.3, 0.4) is 0 Å². The summed E-state index contributed by atoms with van der Waals surface area (Å²) in [6.07, 6.45) is 3.09. The molecular weight excluding hydrogens is 290 g/mol. The Bertz CT molecular complexity index is 558. The maximum absolute atomic E-state index is 9.53. The molecule has 1 aromatic heterocycles. The third-order valence-electron chi connectivity index (χ3n) is 3.03. The average molecular weight is 312 g/mol. The van der Waals surface area contributed by atoms with Crippen LogP contribution in [-0.4, -0.2) is 22.0 Å². The number of nitrogens with one attached hydrogen (secondary N) is 1. The molecule has 5 nitrogen and oxygen atoms in total. The summed E-state index contributed by atoms with van der Waals surface area (Å²) in [4.78, 5) is 0. The molecule has 0 bridgehead atoms. The van der Waals surface area contributed by atoms with E-state index in [4.69, 9.17) is 4.74 Å². The van der Waals surface area contributed by atoms with Crippen LogP contribution in [0.1, 0.15) is 24.6 Å². The van der Waals surface area contributed by atoms with Gasteiger partial charge in [0.05, 0.1) is 12.8 Å². The number of benzene rings is 1. The van der Waals surface area contributed by atoms with Crippen LogP contribution in [0.15, 0.2) is 30.5 Å². The molecule has 0 atom stereocenters. The zero-order chi connectivity index (χ0) is 14.4. The van der Waals surface area contributed by atoms with Crippen LogP contribution in [0.5, 0.6) is 11.5 Å². The molecule has 0 aliphatic carbocycles. The van der Waals surface area contributed by atoms with Gasteiger partial charge in [0.1, 0.15) is 0 Å². The fraction of sp³-hybridized carbons (Fsp3) is 0.400. The first-order valence-corrected chi connectivity index (χ1v) is 6.82. The van der Waals surface area contributed by atoms with Gasteiger partial charge in [0.25, 0.3) is 0 Å². The van der Waals surface area contributed by atoms with Gasteiger partial charge in [0.2, 0.25) is 0 Å². The van der Waals surface area contributed by atoms with Gasteiger partial charge in [-0.2, -0.15) is 5.10 Å². The van der Waals surface area contributed by atoms with E-state index in [0.717, 1.165) is 30.8 Å². The van der Waals surface area contributed by atoms with Crippen molar-refractivity contribution in [3.8, 4) is 11.5 Å². The summed E-state index contributed by atoms with van der Waals surface area (Å²) in [6.45, 7) is 4.52. The Hall–Kier alpha value is -1.72. The van der Waals surface area contributed by atoms with Gasteiger partial charge in [0, 0.05) is 25.8 Å². The van der Waals surface area contributed by atoms with Crippen LogP contribution in [0.25, 0.3) is 0 Å². The molecule has 0 radical (unpaired) electrons. The summed E-state index contributed by atoms with van der Waals surface area (Å²) in [5, 5.41) is 17.3. The summed E-state index contributed by atoms with van der Waals surface area (Å²) in [5.41, 5.74) is 2.09. The molecule has 1 aromatic carbocycles. The topological polar surface area (TPSA) is 59.3 Å². The van der Waals surface area contributed by atoms with Crippen molar-refractivity contribution in [3.05, 3.63) is 41.7 Å². The molecule has 0 fully saturated rings. The second kappa shape index (κ2) is 8.54. The standard InChI is InChI=1S/C15H21N3O2.ClH/c1-3-7-18-8-6-13(17-18)11-16-10-12-4-5-14(19)15(9-12)20-2;/h4-6,8-9,16,19H,3,7,10-11H2,1-2H3;1H. The van der Waals surface area contributed by atoms with Crippen LogP contribution in [0, 0.1) is 0 Å². The Morgan fingerprint density at radius 1 is 1.29 bits per heavy atom. The maximum atomic E-state index is 9.53. The molecular formula is C15H22ClN3O2. The number of hydrogen-bond donors (Lipinski definition) is 2. The zero-order valence-electron chi connectivity index (χ0n) is 12.4. The second-order valence-corrected chi connectivity index (χ2v) is 4.68. The van der Waals surface area contributed by atoms with E-state index in [9.17, 15) is 5.11 Å². The number of aromatic hydroxyl groups is 1. The van der Waals surface area contributed by atoms with Crippen molar-refractivity contribution >= 4 is 12.4 Å². The summed E-state index contributed by atoms with van der Waals surface area (Å²) < 4.78 is 7.05. The summed E-state index contributed by atoms with van der Waals surface area (Å²) in [5.74, 6) is 0.658. The number of aromatic nitrogens is 2. The molecule has 116 valence electrons. The van der Waals surface area contributed by atoms with E-state index in [2.05, 4.69) is 17.3 Å². The highest BCUT2D eigenvalue weighted by Crippen LogP contribution is 2.26. The third-order valence-corrected chi connectivity index (χ3v) is 3.03. The fourth-order valence-corrected chi connectivity index (χ4v) is 2.02. The van der Waals surface area contributed by atoms with Crippen molar-refractivity contribution in [1.29, 1.82) is 0 Å². The zero-order valence-corrected chi connectivity index (χ0v) is 13.2. The fourth-order valence-electron chi connectivity index (χ4n) is 2.02. The van der Waals surface area contributed by atoms with E-state index >= 15 is 0 Å². The van der Waals surface area contributed by atoms with Gasteiger partial charge in [-0.05, 0) is 30.2 Å². The van der Waals surface area contributed by atoms with Gasteiger partial charge in [-0.3, -0.25) is 4.68 Å². The van der Waals surface area contributed by atoms with Crippen molar-refractivity contribution in [1.82, 2.24) is 15.1 Å². The molecule has 0 amide bonds. The predicted octanol–water partition coefficient (Wildman–Crippen LogP) is 2.72. The van der Waals surface area contributed by atoms with E-state index in [1.165, 1.54) is 0 Å². The first kappa shape index (κ1) is 17.3. The molecule has 2 N–H and O–H groups in total. The lowest BCUT2D eigenvalue weighted by molar-refractivity contribution is 0.372. The molecule has 0 unspecified atom stereocenters. The number of methoxy groups -OCH3 is 1. The number of nitrogens with zero attached hydrogens (tertiary/aromatic N) is 2. The summed E-state index contributed by atoms with van der Waals surface area (Å²) in [6, 6.07) is 7.38. The Labute approximate surface area is 131 Å². The van der Waals surface area contributed by atoms with Crippen LogP contribution >= 0.6 is 12.4 Å². The number of phenolic OH excluding ortho intramolecular Hbond substituents is 1. The van der Waals surface area contributed by atoms with Crippen molar-refractivity contribution < 1.29 is 9.84 Å². The quantitative estimate of drug-likeness (QED) is 0.825. The Morgan fingerprint density at radius 2 is 2.10 bits per heavy atom. The van der Waals surface area contributed by atoms with E-state index in [1.807, 2.05) is 29.1 Å². The van der Waals surface area contributed by atoms with Gasteiger partial charge in [-0.1, -0.05) is 13.0 Å². The molecule has 0 aliphatic rings. The van der Waals surface area contributed by atoms with E-state index in [1.54, 1.807) is 13.2 Å². The number of rotatable bonds is 7. The molecule has 2 rings (SSSR count). The lowest BCUT2D eigenvalue weighted by Gasteiger charge is -2.07. The van der Waals surface area contributed by atoms with Crippen molar-refractivity contribution in [2.24, 2.45) is 0 Å². The second-order valence-electron chi connectivity index (χ2n) is 4.68. The molecule has 2 aromatic rings. The minimum absolute atomic E-state index is 0. The minimum Gasteiger partial charge on any atom is -0.504 e. The van der Waals surface area contributed by atoms with Gasteiger partial charge in [0.15, 0.2) is 11.5 Å². The van der Waals surface area contributed by atoms with Gasteiger partial charge < -0.3 is 15.2 Å². The van der Waals surface area contributed by atoms with E-state index in [-0.39, 0.29) is 18.2 Å². The van der Waals surface area contributed by atoms with Gasteiger partial charge >= 0.3 is 0 Å². The van der Waals surface area contributed by atoms with Crippen LogP contribution < -0.4 is 10.1 Å². The highest BCUT2D eigenvalue weighted by molar-refractivity contribution is 5.85. The van der Waals surface area contributed by atoms with Gasteiger partial charge in [-0.15, -0.1) is 12.4 Å². The number of aryl methyl sites for hydroxylation is 1. The normalized spacial score (nSPS) is 10.2. The van der Waals surface area contributed by atoms with Crippen molar-refractivity contribution in [2.75, 3.05) is 7.11 Å². The number of phenols is 1. The summed E-state index contributed by atoms with van der Waals surface area (Å²) in [7, 11) is 1.55. The molecule has 0 spiro atoms. The predicted molar refractivity (Wildman–Crippen MR) is 85.0 cm³/mol.